The third-order valence-corrected chi connectivity index (χ3v) is 6.86. The summed E-state index contributed by atoms with van der Waals surface area (Å²) in [4.78, 5) is 55.1. The molecule has 4 amide bonds. The molecule has 7 heteroatoms. The Morgan fingerprint density at radius 3 is 1.97 bits per heavy atom. The minimum Gasteiger partial charge on any atom is -0.341 e. The molecular formula is C24H31N3O4. The first-order valence-corrected chi connectivity index (χ1v) is 11.6. The summed E-state index contributed by atoms with van der Waals surface area (Å²) in [7, 11) is 0. The molecule has 1 aliphatic carbocycles. The van der Waals surface area contributed by atoms with Crippen molar-refractivity contribution in [1.82, 2.24) is 14.7 Å². The van der Waals surface area contributed by atoms with Gasteiger partial charge in [0.25, 0.3) is 11.8 Å². The van der Waals surface area contributed by atoms with E-state index in [1.165, 1.54) is 32.1 Å². The number of rotatable bonds is 5. The molecule has 0 bridgehead atoms. The second-order valence-corrected chi connectivity index (χ2v) is 8.90. The van der Waals surface area contributed by atoms with Crippen molar-refractivity contribution in [3.8, 4) is 0 Å². The second kappa shape index (κ2) is 9.62. The molecule has 166 valence electrons. The van der Waals surface area contributed by atoms with Crippen LogP contribution in [0.2, 0.25) is 0 Å². The number of fused-ring (bicyclic) bond motifs is 1. The smallest absolute Gasteiger partial charge is 0.262 e. The van der Waals surface area contributed by atoms with Gasteiger partial charge in [0.15, 0.2) is 0 Å². The van der Waals surface area contributed by atoms with E-state index in [0.29, 0.717) is 56.1 Å². The fraction of sp³-hybridized carbons (Fsp3) is 0.583. The van der Waals surface area contributed by atoms with Gasteiger partial charge in [0, 0.05) is 32.6 Å². The molecule has 2 aliphatic heterocycles. The molecule has 0 atom stereocenters. The van der Waals surface area contributed by atoms with Crippen LogP contribution >= 0.6 is 0 Å². The first-order valence-electron chi connectivity index (χ1n) is 11.6. The molecule has 1 saturated carbocycles. The monoisotopic (exact) mass is 425 g/mol. The van der Waals surface area contributed by atoms with Gasteiger partial charge in [-0.25, -0.2) is 0 Å². The average Bonchev–Trinajstić information content (AvgIpc) is 2.97. The van der Waals surface area contributed by atoms with Gasteiger partial charge in [-0.2, -0.15) is 0 Å². The van der Waals surface area contributed by atoms with Crippen LogP contribution in [-0.4, -0.2) is 71.1 Å². The maximum absolute atomic E-state index is 12.8. The highest BCUT2D eigenvalue weighted by molar-refractivity contribution is 6.22. The maximum atomic E-state index is 12.8. The van der Waals surface area contributed by atoms with Crippen molar-refractivity contribution in [2.75, 3.05) is 32.7 Å². The third-order valence-electron chi connectivity index (χ3n) is 6.86. The summed E-state index contributed by atoms with van der Waals surface area (Å²) in [5.41, 5.74) is 0.705. The zero-order valence-corrected chi connectivity index (χ0v) is 18.1. The van der Waals surface area contributed by atoms with E-state index >= 15 is 0 Å². The van der Waals surface area contributed by atoms with E-state index in [1.54, 1.807) is 29.2 Å². The predicted molar refractivity (Wildman–Crippen MR) is 115 cm³/mol. The Kier molecular flexibility index (Phi) is 6.68. The first-order chi connectivity index (χ1) is 15.0. The molecule has 4 rings (SSSR count). The van der Waals surface area contributed by atoms with Gasteiger partial charge in [-0.05, 0) is 30.9 Å². The van der Waals surface area contributed by atoms with E-state index in [2.05, 4.69) is 0 Å². The van der Waals surface area contributed by atoms with Crippen LogP contribution in [0.25, 0.3) is 0 Å². The topological polar surface area (TPSA) is 78.0 Å². The Morgan fingerprint density at radius 2 is 1.35 bits per heavy atom. The Labute approximate surface area is 183 Å². The number of carbonyl (C=O) groups excluding carboxylic acids is 4. The Balaban J connectivity index is 1.27. The van der Waals surface area contributed by atoms with Gasteiger partial charge in [0.2, 0.25) is 11.8 Å². The predicted octanol–water partition coefficient (Wildman–Crippen LogP) is 2.70. The molecule has 0 aromatic heterocycles. The fourth-order valence-corrected chi connectivity index (χ4v) is 5.00. The minimum atomic E-state index is -0.414. The Morgan fingerprint density at radius 1 is 0.774 bits per heavy atom. The lowest BCUT2D eigenvalue weighted by atomic mass is 9.86. The summed E-state index contributed by atoms with van der Waals surface area (Å²) in [5, 5.41) is 0. The van der Waals surface area contributed by atoms with Crippen molar-refractivity contribution >= 4 is 23.6 Å². The quantitative estimate of drug-likeness (QED) is 0.680. The minimum absolute atomic E-state index is 0.181. The largest absolute Gasteiger partial charge is 0.341 e. The Hall–Kier alpha value is -2.70. The van der Waals surface area contributed by atoms with Gasteiger partial charge in [-0.1, -0.05) is 44.2 Å². The lowest BCUT2D eigenvalue weighted by Gasteiger charge is -2.25. The highest BCUT2D eigenvalue weighted by Crippen LogP contribution is 2.27. The summed E-state index contributed by atoms with van der Waals surface area (Å²) in [6, 6.07) is 6.65. The molecule has 2 fully saturated rings. The lowest BCUT2D eigenvalue weighted by molar-refractivity contribution is -0.133. The van der Waals surface area contributed by atoms with Gasteiger partial charge in [-0.3, -0.25) is 24.1 Å². The van der Waals surface area contributed by atoms with E-state index in [0.717, 1.165) is 11.3 Å². The van der Waals surface area contributed by atoms with E-state index < -0.39 is 11.8 Å². The molecule has 2 heterocycles. The zero-order valence-electron chi connectivity index (χ0n) is 18.1. The Bertz CT molecular complexity index is 827. The van der Waals surface area contributed by atoms with Crippen molar-refractivity contribution in [3.05, 3.63) is 35.4 Å². The molecule has 31 heavy (non-hydrogen) atoms. The van der Waals surface area contributed by atoms with Crippen LogP contribution < -0.4 is 0 Å². The summed E-state index contributed by atoms with van der Waals surface area (Å²) < 4.78 is 0. The van der Waals surface area contributed by atoms with Gasteiger partial charge >= 0.3 is 0 Å². The normalized spacial score (nSPS) is 20.1. The number of imide groups is 1. The number of hydrogen-bond donors (Lipinski definition) is 0. The van der Waals surface area contributed by atoms with Crippen molar-refractivity contribution in [2.24, 2.45) is 5.92 Å². The molecule has 1 aromatic carbocycles. The van der Waals surface area contributed by atoms with Crippen molar-refractivity contribution in [1.29, 1.82) is 0 Å². The molecule has 1 saturated heterocycles. The zero-order chi connectivity index (χ0) is 21.8. The molecule has 0 spiro atoms. The highest BCUT2D eigenvalue weighted by atomic mass is 16.2. The van der Waals surface area contributed by atoms with Crippen LogP contribution in [0.3, 0.4) is 0 Å². The van der Waals surface area contributed by atoms with Crippen LogP contribution in [0.5, 0.6) is 0 Å². The maximum Gasteiger partial charge on any atom is 0.262 e. The number of carbonyl (C=O) groups is 4. The number of amides is 4. The van der Waals surface area contributed by atoms with E-state index in [-0.39, 0.29) is 18.4 Å². The standard InChI is InChI=1S/C24H31N3O4/c28-21(12-11-18-7-2-1-3-8-18)25-13-6-14-26(16-15-25)22(29)17-27-23(30)19-9-4-5-10-20(19)24(27)31/h4-5,9-10,18H,1-3,6-8,11-17H2. The first kappa shape index (κ1) is 21.5. The molecule has 0 N–H and O–H groups in total. The van der Waals surface area contributed by atoms with Crippen molar-refractivity contribution in [2.45, 2.75) is 51.4 Å². The van der Waals surface area contributed by atoms with Crippen molar-refractivity contribution < 1.29 is 19.2 Å². The molecular weight excluding hydrogens is 394 g/mol. The average molecular weight is 426 g/mol. The molecule has 0 unspecified atom stereocenters. The number of benzene rings is 1. The lowest BCUT2D eigenvalue weighted by Crippen LogP contribution is -2.44. The summed E-state index contributed by atoms with van der Waals surface area (Å²) in [5.74, 6) is -0.208. The number of nitrogens with zero attached hydrogens (tertiary/aromatic N) is 3. The second-order valence-electron chi connectivity index (χ2n) is 8.90. The van der Waals surface area contributed by atoms with Crippen LogP contribution in [-0.2, 0) is 9.59 Å². The number of hydrogen-bond acceptors (Lipinski definition) is 4. The van der Waals surface area contributed by atoms with Crippen molar-refractivity contribution in [3.63, 3.8) is 0 Å². The molecule has 3 aliphatic rings. The van der Waals surface area contributed by atoms with Gasteiger partial charge in [0.05, 0.1) is 11.1 Å². The molecule has 0 radical (unpaired) electrons. The van der Waals surface area contributed by atoms with Crippen LogP contribution in [0.15, 0.2) is 24.3 Å². The van der Waals surface area contributed by atoms with Gasteiger partial charge in [-0.15, -0.1) is 0 Å². The fourth-order valence-electron chi connectivity index (χ4n) is 5.00. The summed E-state index contributed by atoms with van der Waals surface area (Å²) in [6.07, 6.45) is 8.65. The molecule has 1 aromatic rings. The summed E-state index contributed by atoms with van der Waals surface area (Å²) in [6.45, 7) is 1.89. The van der Waals surface area contributed by atoms with Crippen LogP contribution in [0, 0.1) is 5.92 Å². The highest BCUT2D eigenvalue weighted by Gasteiger charge is 2.37. The van der Waals surface area contributed by atoms with E-state index in [4.69, 9.17) is 0 Å². The van der Waals surface area contributed by atoms with Gasteiger partial charge in [0.1, 0.15) is 6.54 Å². The van der Waals surface area contributed by atoms with Crippen LogP contribution in [0.1, 0.15) is 72.1 Å². The van der Waals surface area contributed by atoms with E-state index in [1.807, 2.05) is 4.90 Å². The summed E-state index contributed by atoms with van der Waals surface area (Å²) >= 11 is 0. The van der Waals surface area contributed by atoms with Crippen LogP contribution in [0.4, 0.5) is 0 Å². The van der Waals surface area contributed by atoms with Gasteiger partial charge < -0.3 is 9.80 Å². The SMILES string of the molecule is O=C(CCC1CCCCC1)N1CCCN(C(=O)CN2C(=O)c3ccccc3C2=O)CC1. The third kappa shape index (κ3) is 4.81. The molecule has 7 nitrogen and oxygen atoms in total. The van der Waals surface area contributed by atoms with E-state index in [9.17, 15) is 19.2 Å².